The smallest absolute Gasteiger partial charge is 0.225 e. The molecule has 10 nitrogen and oxygen atoms in total. The molecular formula is C31H35N9O. The number of piperazine rings is 1. The van der Waals surface area contributed by atoms with Crippen LogP contribution in [0.2, 0.25) is 0 Å². The Hall–Kier alpha value is -4.70. The van der Waals surface area contributed by atoms with Crippen molar-refractivity contribution < 1.29 is 4.74 Å². The Balaban J connectivity index is 1.24. The minimum absolute atomic E-state index is 0.324. The molecule has 210 valence electrons. The monoisotopic (exact) mass is 549 g/mol. The molecule has 2 fully saturated rings. The van der Waals surface area contributed by atoms with Gasteiger partial charge in [0.05, 0.1) is 25.1 Å². The normalized spacial score (nSPS) is 15.4. The molecule has 2 aliphatic rings. The van der Waals surface area contributed by atoms with Crippen LogP contribution in [0.4, 0.5) is 23.3 Å². The summed E-state index contributed by atoms with van der Waals surface area (Å²) in [7, 11) is 1.60. The van der Waals surface area contributed by atoms with E-state index in [1.54, 1.807) is 13.2 Å². The number of aromatic amines is 1. The zero-order valence-electron chi connectivity index (χ0n) is 23.2. The second-order valence-electron chi connectivity index (χ2n) is 10.3. The van der Waals surface area contributed by atoms with Gasteiger partial charge >= 0.3 is 0 Å². The topological polar surface area (TPSA) is 127 Å². The number of allylic oxidation sites excluding steroid dienone is 1. The molecule has 4 aromatic rings. The van der Waals surface area contributed by atoms with Gasteiger partial charge in [0.1, 0.15) is 11.6 Å². The lowest BCUT2D eigenvalue weighted by Crippen LogP contribution is -2.43. The van der Waals surface area contributed by atoms with Crippen molar-refractivity contribution in [2.75, 3.05) is 55.4 Å². The van der Waals surface area contributed by atoms with E-state index in [2.05, 4.69) is 61.4 Å². The number of nitrogens with zero attached hydrogens (tertiary/aromatic N) is 4. The zero-order chi connectivity index (χ0) is 28.0. The molecule has 0 radical (unpaired) electrons. The maximum absolute atomic E-state index is 8.44. The number of H-pyrrole nitrogens is 1. The first-order chi connectivity index (χ1) is 20.1. The Labute approximate surface area is 239 Å². The van der Waals surface area contributed by atoms with Crippen molar-refractivity contribution in [3.05, 3.63) is 89.8 Å². The number of anilines is 4. The maximum Gasteiger partial charge on any atom is 0.225 e. The van der Waals surface area contributed by atoms with E-state index in [4.69, 9.17) is 20.1 Å². The highest BCUT2D eigenvalue weighted by Gasteiger charge is 2.25. The summed E-state index contributed by atoms with van der Waals surface area (Å²) < 4.78 is 5.57. The van der Waals surface area contributed by atoms with E-state index in [0.717, 1.165) is 54.5 Å². The van der Waals surface area contributed by atoms with Crippen molar-refractivity contribution in [3.63, 3.8) is 0 Å². The molecule has 10 heteroatoms. The number of hydrogen-bond acceptors (Lipinski definition) is 9. The SMILES string of the molecule is CO/C(=C\C(=N)c1ccccc1)CNc1nc(Nc2cc(C3CC3)[nH]n2)cc(-c2ccc(N3CCNCC3)cc2)n1. The fourth-order valence-corrected chi connectivity index (χ4v) is 4.85. The predicted molar refractivity (Wildman–Crippen MR) is 163 cm³/mol. The standard InChI is InChI=1S/C31H35N9O/c1-41-25(17-26(32)21-5-3-2-4-6-21)20-34-31-35-27(22-9-11-24(12-10-22)40-15-13-33-14-16-40)18-29(37-31)36-30-19-28(38-39-30)23-7-8-23/h2-6,9-12,17-19,23,32-33H,7-8,13-16,20H2,1H3,(H3,34,35,36,37,38,39)/b25-17-,32-26?. The van der Waals surface area contributed by atoms with Crippen LogP contribution < -0.4 is 20.9 Å². The molecular weight excluding hydrogens is 514 g/mol. The lowest BCUT2D eigenvalue weighted by Gasteiger charge is -2.29. The molecule has 2 aromatic carbocycles. The largest absolute Gasteiger partial charge is 0.499 e. The number of benzene rings is 2. The van der Waals surface area contributed by atoms with Gasteiger partial charge in [0, 0.05) is 67.3 Å². The predicted octanol–water partition coefficient (Wildman–Crippen LogP) is 4.91. The molecule has 5 N–H and O–H groups in total. The first kappa shape index (κ1) is 26.5. The molecule has 1 saturated carbocycles. The number of methoxy groups -OCH3 is 1. The first-order valence-corrected chi connectivity index (χ1v) is 14.0. The molecule has 1 saturated heterocycles. The Morgan fingerprint density at radius 3 is 2.54 bits per heavy atom. The van der Waals surface area contributed by atoms with Crippen LogP contribution in [0, 0.1) is 5.41 Å². The van der Waals surface area contributed by atoms with E-state index in [9.17, 15) is 0 Å². The van der Waals surface area contributed by atoms with Gasteiger partial charge in [-0.2, -0.15) is 10.1 Å². The Morgan fingerprint density at radius 2 is 1.80 bits per heavy atom. The number of rotatable bonds is 11. The van der Waals surface area contributed by atoms with Crippen LogP contribution in [0.15, 0.2) is 78.6 Å². The van der Waals surface area contributed by atoms with Crippen molar-refractivity contribution in [1.82, 2.24) is 25.5 Å². The molecule has 0 unspecified atom stereocenters. The maximum atomic E-state index is 8.44. The molecule has 41 heavy (non-hydrogen) atoms. The zero-order valence-corrected chi connectivity index (χ0v) is 23.2. The van der Waals surface area contributed by atoms with Gasteiger partial charge < -0.3 is 31.0 Å². The average Bonchev–Trinajstić information content (AvgIpc) is 3.78. The van der Waals surface area contributed by atoms with Gasteiger partial charge in [0.25, 0.3) is 0 Å². The van der Waals surface area contributed by atoms with E-state index in [1.165, 1.54) is 18.5 Å². The molecule has 3 heterocycles. The lowest BCUT2D eigenvalue weighted by molar-refractivity contribution is 0.290. The van der Waals surface area contributed by atoms with Gasteiger partial charge in [-0.3, -0.25) is 5.10 Å². The summed E-state index contributed by atoms with van der Waals surface area (Å²) in [6.07, 6.45) is 4.12. The van der Waals surface area contributed by atoms with E-state index in [-0.39, 0.29) is 0 Å². The number of ether oxygens (including phenoxy) is 1. The van der Waals surface area contributed by atoms with Gasteiger partial charge in [0.2, 0.25) is 5.95 Å². The lowest BCUT2D eigenvalue weighted by atomic mass is 10.1. The molecule has 1 aliphatic heterocycles. The van der Waals surface area contributed by atoms with Crippen molar-refractivity contribution in [2.45, 2.75) is 18.8 Å². The fraction of sp³-hybridized carbons (Fsp3) is 0.290. The van der Waals surface area contributed by atoms with E-state index < -0.39 is 0 Å². The van der Waals surface area contributed by atoms with Crippen LogP contribution in [-0.2, 0) is 4.74 Å². The fourth-order valence-electron chi connectivity index (χ4n) is 4.85. The second kappa shape index (κ2) is 12.2. The van der Waals surface area contributed by atoms with Gasteiger partial charge in [-0.25, -0.2) is 4.98 Å². The van der Waals surface area contributed by atoms with Gasteiger partial charge in [0.15, 0.2) is 5.82 Å². The summed E-state index contributed by atoms with van der Waals surface area (Å²) in [4.78, 5) is 11.9. The quantitative estimate of drug-likeness (QED) is 0.132. The van der Waals surface area contributed by atoms with Gasteiger partial charge in [-0.15, -0.1) is 0 Å². The summed E-state index contributed by atoms with van der Waals surface area (Å²) in [6.45, 7) is 4.31. The number of hydrogen-bond donors (Lipinski definition) is 5. The van der Waals surface area contributed by atoms with E-state index in [1.807, 2.05) is 36.4 Å². The van der Waals surface area contributed by atoms with Crippen LogP contribution in [0.3, 0.4) is 0 Å². The third-order valence-electron chi connectivity index (χ3n) is 7.32. The van der Waals surface area contributed by atoms with Crippen molar-refractivity contribution in [2.24, 2.45) is 0 Å². The minimum atomic E-state index is 0.324. The highest BCUT2D eigenvalue weighted by atomic mass is 16.5. The first-order valence-electron chi connectivity index (χ1n) is 14.0. The van der Waals surface area contributed by atoms with Crippen LogP contribution in [0.25, 0.3) is 11.3 Å². The van der Waals surface area contributed by atoms with Crippen molar-refractivity contribution in [1.29, 1.82) is 5.41 Å². The molecule has 6 rings (SSSR count). The molecule has 2 aromatic heterocycles. The number of nitrogens with one attached hydrogen (secondary N) is 5. The molecule has 0 amide bonds. The second-order valence-corrected chi connectivity index (χ2v) is 10.3. The van der Waals surface area contributed by atoms with Crippen molar-refractivity contribution >= 4 is 29.0 Å². The molecule has 0 atom stereocenters. The van der Waals surface area contributed by atoms with Crippen LogP contribution in [-0.4, -0.2) is 65.7 Å². The number of aromatic nitrogens is 4. The summed E-state index contributed by atoms with van der Waals surface area (Å²) in [5, 5.41) is 26.1. The summed E-state index contributed by atoms with van der Waals surface area (Å²) in [6, 6.07) is 22.1. The highest BCUT2D eigenvalue weighted by Crippen LogP contribution is 2.39. The Morgan fingerprint density at radius 1 is 1.02 bits per heavy atom. The van der Waals surface area contributed by atoms with Crippen molar-refractivity contribution in [3.8, 4) is 11.3 Å². The summed E-state index contributed by atoms with van der Waals surface area (Å²) >= 11 is 0. The average molecular weight is 550 g/mol. The minimum Gasteiger partial charge on any atom is -0.499 e. The summed E-state index contributed by atoms with van der Waals surface area (Å²) in [5.41, 5.74) is 5.33. The van der Waals surface area contributed by atoms with E-state index in [0.29, 0.717) is 35.7 Å². The molecule has 0 spiro atoms. The third-order valence-corrected chi connectivity index (χ3v) is 7.32. The van der Waals surface area contributed by atoms with Crippen LogP contribution >= 0.6 is 0 Å². The van der Waals surface area contributed by atoms with Crippen LogP contribution in [0.1, 0.15) is 30.0 Å². The summed E-state index contributed by atoms with van der Waals surface area (Å²) in [5.74, 6) is 2.99. The Bertz CT molecular complexity index is 1500. The van der Waals surface area contributed by atoms with Crippen LogP contribution in [0.5, 0.6) is 0 Å². The van der Waals surface area contributed by atoms with Gasteiger partial charge in [-0.1, -0.05) is 42.5 Å². The van der Waals surface area contributed by atoms with E-state index >= 15 is 0 Å². The molecule has 1 aliphatic carbocycles. The van der Waals surface area contributed by atoms with Gasteiger partial charge in [-0.05, 0) is 30.5 Å². The highest BCUT2D eigenvalue weighted by molar-refractivity contribution is 6.06. The Kier molecular flexibility index (Phi) is 7.90. The molecule has 0 bridgehead atoms. The third kappa shape index (κ3) is 6.72.